The molecule has 0 amide bonds. The Kier molecular flexibility index (Phi) is 4.46. The lowest BCUT2D eigenvalue weighted by molar-refractivity contribution is 0.443. The Hall–Kier alpha value is -0.890. The summed E-state index contributed by atoms with van der Waals surface area (Å²) >= 11 is 0. The highest BCUT2D eigenvalue weighted by molar-refractivity contribution is 5.33. The predicted molar refractivity (Wildman–Crippen MR) is 51.0 cm³/mol. The van der Waals surface area contributed by atoms with Crippen molar-refractivity contribution in [3.63, 3.8) is 0 Å². The molecule has 0 unspecified atom stereocenters. The van der Waals surface area contributed by atoms with E-state index in [0.29, 0.717) is 0 Å². The van der Waals surface area contributed by atoms with Gasteiger partial charge in [0.2, 0.25) is 0 Å². The molecule has 0 bridgehead atoms. The van der Waals surface area contributed by atoms with Crippen LogP contribution in [-0.2, 0) is 0 Å². The van der Waals surface area contributed by atoms with E-state index in [9.17, 15) is 0 Å². The monoisotopic (exact) mass is 152 g/mol. The maximum Gasteiger partial charge on any atom is 0.0565 e. The molecule has 0 aliphatic carbocycles. The van der Waals surface area contributed by atoms with Crippen molar-refractivity contribution < 1.29 is 0 Å². The molecule has 0 aromatic carbocycles. The van der Waals surface area contributed by atoms with Crippen molar-refractivity contribution >= 4 is 6.72 Å². The fourth-order valence-electron chi connectivity index (χ4n) is 0.717. The largest absolute Gasteiger partial charge is 0.304 e. The van der Waals surface area contributed by atoms with Gasteiger partial charge in [0, 0.05) is 6.54 Å². The van der Waals surface area contributed by atoms with Gasteiger partial charge in [-0.3, -0.25) is 4.99 Å². The van der Waals surface area contributed by atoms with E-state index < -0.39 is 0 Å². The smallest absolute Gasteiger partial charge is 0.0565 e. The molecule has 0 rings (SSSR count). The molecule has 0 aromatic heterocycles. The van der Waals surface area contributed by atoms with Gasteiger partial charge in [-0.15, -0.1) is 0 Å². The minimum atomic E-state index is 0.821. The van der Waals surface area contributed by atoms with E-state index in [1.54, 1.807) is 6.08 Å². The molecule has 0 spiro atoms. The van der Waals surface area contributed by atoms with Crippen LogP contribution in [0.1, 0.15) is 6.92 Å². The fraction of sp³-hybridized carbons (Fsp3) is 0.444. The highest BCUT2D eigenvalue weighted by Gasteiger charge is 1.98. The van der Waals surface area contributed by atoms with Gasteiger partial charge in [-0.1, -0.05) is 12.7 Å². The van der Waals surface area contributed by atoms with Gasteiger partial charge in [0.25, 0.3) is 0 Å². The lowest BCUT2D eigenvalue weighted by Gasteiger charge is -2.10. The normalized spacial score (nSPS) is 12.7. The van der Waals surface area contributed by atoms with Crippen LogP contribution < -0.4 is 0 Å². The molecule has 2 nitrogen and oxygen atoms in total. The minimum absolute atomic E-state index is 0.821. The zero-order chi connectivity index (χ0) is 8.85. The summed E-state index contributed by atoms with van der Waals surface area (Å²) in [4.78, 5) is 5.97. The van der Waals surface area contributed by atoms with Gasteiger partial charge in [-0.05, 0) is 33.3 Å². The van der Waals surface area contributed by atoms with Crippen molar-refractivity contribution in [2.45, 2.75) is 6.92 Å². The Morgan fingerprint density at radius 1 is 1.55 bits per heavy atom. The third-order valence-electron chi connectivity index (χ3n) is 1.42. The summed E-state index contributed by atoms with van der Waals surface area (Å²) in [7, 11) is 4.00. The average molecular weight is 152 g/mol. The first-order chi connectivity index (χ1) is 5.11. The number of hydrogen-bond acceptors (Lipinski definition) is 2. The molecule has 0 fully saturated rings. The van der Waals surface area contributed by atoms with Gasteiger partial charge < -0.3 is 4.90 Å². The van der Waals surface area contributed by atoms with Crippen molar-refractivity contribution in [1.82, 2.24) is 4.90 Å². The first-order valence-electron chi connectivity index (χ1n) is 3.55. The molecule has 11 heavy (non-hydrogen) atoms. The number of allylic oxidation sites excluding steroid dienone is 2. The van der Waals surface area contributed by atoms with Crippen molar-refractivity contribution in [3.8, 4) is 0 Å². The molecule has 62 valence electrons. The Morgan fingerprint density at radius 3 is 2.36 bits per heavy atom. The van der Waals surface area contributed by atoms with Crippen molar-refractivity contribution in [1.29, 1.82) is 0 Å². The van der Waals surface area contributed by atoms with Crippen LogP contribution in [-0.4, -0.2) is 32.3 Å². The predicted octanol–water partition coefficient (Wildman–Crippen LogP) is 1.71. The highest BCUT2D eigenvalue weighted by atomic mass is 15.1. The SMILES string of the molecule is C=C/C(C)=C(/CN(C)C)N=C. The Labute approximate surface area is 68.9 Å². The Morgan fingerprint density at radius 2 is 2.09 bits per heavy atom. The van der Waals surface area contributed by atoms with Gasteiger partial charge in [0.15, 0.2) is 0 Å². The third-order valence-corrected chi connectivity index (χ3v) is 1.42. The molecule has 0 radical (unpaired) electrons. The molecule has 0 aliphatic rings. The number of nitrogens with zero attached hydrogens (tertiary/aromatic N) is 2. The fourth-order valence-corrected chi connectivity index (χ4v) is 0.717. The first kappa shape index (κ1) is 10.1. The number of aliphatic imine (C=N–C) groups is 1. The highest BCUT2D eigenvalue weighted by Crippen LogP contribution is 2.06. The topological polar surface area (TPSA) is 15.6 Å². The molecule has 0 saturated carbocycles. The van der Waals surface area contributed by atoms with Crippen LogP contribution in [0, 0.1) is 0 Å². The summed E-state index contributed by atoms with van der Waals surface area (Å²) in [5.74, 6) is 0. The lowest BCUT2D eigenvalue weighted by Crippen LogP contribution is -2.14. The second-order valence-corrected chi connectivity index (χ2v) is 2.73. The maximum atomic E-state index is 3.92. The molecule has 0 saturated heterocycles. The summed E-state index contributed by atoms with van der Waals surface area (Å²) in [6.45, 7) is 9.98. The van der Waals surface area contributed by atoms with E-state index in [1.807, 2.05) is 21.0 Å². The van der Waals surface area contributed by atoms with Gasteiger partial charge in [-0.25, -0.2) is 0 Å². The summed E-state index contributed by atoms with van der Waals surface area (Å²) in [6.07, 6.45) is 1.80. The first-order valence-corrected chi connectivity index (χ1v) is 3.55. The van der Waals surface area contributed by atoms with Gasteiger partial charge in [-0.2, -0.15) is 0 Å². The molecule has 0 heterocycles. The second kappa shape index (κ2) is 4.85. The van der Waals surface area contributed by atoms with Gasteiger partial charge in [0.1, 0.15) is 0 Å². The summed E-state index contributed by atoms with van der Waals surface area (Å²) in [5.41, 5.74) is 2.08. The van der Waals surface area contributed by atoms with E-state index in [4.69, 9.17) is 0 Å². The van der Waals surface area contributed by atoms with Crippen LogP contribution >= 0.6 is 0 Å². The number of hydrogen-bond donors (Lipinski definition) is 0. The zero-order valence-corrected chi connectivity index (χ0v) is 7.59. The minimum Gasteiger partial charge on any atom is -0.304 e. The Bertz CT molecular complexity index is 178. The van der Waals surface area contributed by atoms with E-state index in [0.717, 1.165) is 17.8 Å². The summed E-state index contributed by atoms with van der Waals surface area (Å²) in [5, 5.41) is 0. The van der Waals surface area contributed by atoms with E-state index in [-0.39, 0.29) is 0 Å². The summed E-state index contributed by atoms with van der Waals surface area (Å²) in [6, 6.07) is 0. The number of rotatable bonds is 4. The van der Waals surface area contributed by atoms with Crippen LogP contribution in [0.15, 0.2) is 28.9 Å². The van der Waals surface area contributed by atoms with Crippen LogP contribution in [0.5, 0.6) is 0 Å². The van der Waals surface area contributed by atoms with Crippen LogP contribution in [0.3, 0.4) is 0 Å². The van der Waals surface area contributed by atoms with Crippen LogP contribution in [0.2, 0.25) is 0 Å². The molecule has 0 aliphatic heterocycles. The molecule has 0 atom stereocenters. The van der Waals surface area contributed by atoms with Gasteiger partial charge >= 0.3 is 0 Å². The second-order valence-electron chi connectivity index (χ2n) is 2.73. The Balaban J connectivity index is 4.38. The maximum absolute atomic E-state index is 3.92. The average Bonchev–Trinajstić information content (AvgIpc) is 1.98. The van der Waals surface area contributed by atoms with Gasteiger partial charge in [0.05, 0.1) is 5.70 Å². The molecule has 2 heteroatoms. The molecule has 0 N–H and O–H groups in total. The van der Waals surface area contributed by atoms with E-state index in [2.05, 4.69) is 23.2 Å². The van der Waals surface area contributed by atoms with E-state index >= 15 is 0 Å². The van der Waals surface area contributed by atoms with E-state index in [1.165, 1.54) is 0 Å². The number of likely N-dealkylation sites (N-methyl/N-ethyl adjacent to an activating group) is 1. The zero-order valence-electron chi connectivity index (χ0n) is 7.59. The third kappa shape index (κ3) is 3.73. The molecular weight excluding hydrogens is 136 g/mol. The lowest BCUT2D eigenvalue weighted by atomic mass is 10.2. The van der Waals surface area contributed by atoms with Crippen LogP contribution in [0.25, 0.3) is 0 Å². The standard InChI is InChI=1S/C9H16N2/c1-6-8(2)9(10-3)7-11(4)5/h6H,1,3,7H2,2,4-5H3/b9-8-. The van der Waals surface area contributed by atoms with Crippen LogP contribution in [0.4, 0.5) is 0 Å². The van der Waals surface area contributed by atoms with Crippen molar-refractivity contribution in [3.05, 3.63) is 23.9 Å². The van der Waals surface area contributed by atoms with Crippen molar-refractivity contribution in [2.75, 3.05) is 20.6 Å². The quantitative estimate of drug-likeness (QED) is 0.442. The summed E-state index contributed by atoms with van der Waals surface area (Å²) < 4.78 is 0. The molecule has 0 aromatic rings. The molecular formula is C9H16N2. The van der Waals surface area contributed by atoms with Crippen molar-refractivity contribution in [2.24, 2.45) is 4.99 Å².